The van der Waals surface area contributed by atoms with E-state index in [1.807, 2.05) is 24.9 Å². The van der Waals surface area contributed by atoms with E-state index < -0.39 is 0 Å². The standard InChI is InChI=1S/C13H18FNO2/c1-4-10(13(16)17-3)9-15(2)12-7-5-6-11(14)8-12/h5-8,10H,4,9H2,1-3H3. The lowest BCUT2D eigenvalue weighted by atomic mass is 10.1. The average Bonchev–Trinajstić information content (AvgIpc) is 2.34. The minimum Gasteiger partial charge on any atom is -0.469 e. The highest BCUT2D eigenvalue weighted by molar-refractivity contribution is 5.73. The summed E-state index contributed by atoms with van der Waals surface area (Å²) in [4.78, 5) is 13.3. The van der Waals surface area contributed by atoms with E-state index in [4.69, 9.17) is 4.74 Å². The van der Waals surface area contributed by atoms with Gasteiger partial charge in [-0.25, -0.2) is 4.39 Å². The van der Waals surface area contributed by atoms with Gasteiger partial charge in [0.2, 0.25) is 0 Å². The molecule has 0 aromatic heterocycles. The van der Waals surface area contributed by atoms with Crippen LogP contribution in [0.2, 0.25) is 0 Å². The van der Waals surface area contributed by atoms with Gasteiger partial charge in [0.15, 0.2) is 0 Å². The number of carbonyl (C=O) groups excluding carboxylic acids is 1. The van der Waals surface area contributed by atoms with E-state index in [0.717, 1.165) is 5.69 Å². The van der Waals surface area contributed by atoms with E-state index in [9.17, 15) is 9.18 Å². The van der Waals surface area contributed by atoms with Crippen molar-refractivity contribution in [2.24, 2.45) is 5.92 Å². The summed E-state index contributed by atoms with van der Waals surface area (Å²) in [5.74, 6) is -0.690. The van der Waals surface area contributed by atoms with E-state index in [2.05, 4.69) is 0 Å². The Bertz CT molecular complexity index is 381. The Morgan fingerprint density at radius 2 is 2.24 bits per heavy atom. The van der Waals surface area contributed by atoms with E-state index in [1.54, 1.807) is 6.07 Å². The van der Waals surface area contributed by atoms with Gasteiger partial charge in [-0.05, 0) is 24.6 Å². The summed E-state index contributed by atoms with van der Waals surface area (Å²) < 4.78 is 17.8. The molecule has 1 atom stereocenters. The van der Waals surface area contributed by atoms with E-state index in [-0.39, 0.29) is 17.7 Å². The lowest BCUT2D eigenvalue weighted by Gasteiger charge is -2.23. The van der Waals surface area contributed by atoms with Gasteiger partial charge >= 0.3 is 5.97 Å². The maximum Gasteiger partial charge on any atom is 0.310 e. The molecule has 0 radical (unpaired) electrons. The van der Waals surface area contributed by atoms with Crippen LogP contribution in [-0.4, -0.2) is 26.7 Å². The van der Waals surface area contributed by atoms with Crippen LogP contribution in [0, 0.1) is 11.7 Å². The van der Waals surface area contributed by atoms with Gasteiger partial charge in [0, 0.05) is 19.3 Å². The lowest BCUT2D eigenvalue weighted by Crippen LogP contribution is -2.30. The van der Waals surface area contributed by atoms with Crippen LogP contribution in [0.15, 0.2) is 24.3 Å². The first-order chi connectivity index (χ1) is 8.08. The summed E-state index contributed by atoms with van der Waals surface area (Å²) in [5.41, 5.74) is 0.757. The molecule has 0 heterocycles. The van der Waals surface area contributed by atoms with Gasteiger partial charge in [-0.1, -0.05) is 13.0 Å². The Morgan fingerprint density at radius 1 is 1.53 bits per heavy atom. The zero-order chi connectivity index (χ0) is 12.8. The average molecular weight is 239 g/mol. The van der Waals surface area contributed by atoms with Gasteiger partial charge < -0.3 is 9.64 Å². The third kappa shape index (κ3) is 3.73. The molecule has 0 aliphatic rings. The number of hydrogen-bond acceptors (Lipinski definition) is 3. The number of methoxy groups -OCH3 is 1. The highest BCUT2D eigenvalue weighted by atomic mass is 19.1. The third-order valence-electron chi connectivity index (χ3n) is 2.77. The summed E-state index contributed by atoms with van der Waals surface area (Å²) in [5, 5.41) is 0. The molecular weight excluding hydrogens is 221 g/mol. The Balaban J connectivity index is 2.70. The van der Waals surface area contributed by atoms with Crippen molar-refractivity contribution in [3.63, 3.8) is 0 Å². The van der Waals surface area contributed by atoms with Crippen LogP contribution in [0.4, 0.5) is 10.1 Å². The third-order valence-corrected chi connectivity index (χ3v) is 2.77. The van der Waals surface area contributed by atoms with Crippen molar-refractivity contribution in [2.75, 3.05) is 25.6 Å². The van der Waals surface area contributed by atoms with Crippen molar-refractivity contribution in [3.8, 4) is 0 Å². The highest BCUT2D eigenvalue weighted by Crippen LogP contribution is 2.17. The van der Waals surface area contributed by atoms with Crippen LogP contribution >= 0.6 is 0 Å². The molecular formula is C13H18FNO2. The number of halogens is 1. The van der Waals surface area contributed by atoms with Gasteiger partial charge in [0.25, 0.3) is 0 Å². The molecule has 0 amide bonds. The normalized spacial score (nSPS) is 12.0. The quantitative estimate of drug-likeness (QED) is 0.739. The number of benzene rings is 1. The van der Waals surface area contributed by atoms with Crippen molar-refractivity contribution in [1.29, 1.82) is 0 Å². The zero-order valence-electron chi connectivity index (χ0n) is 10.4. The van der Waals surface area contributed by atoms with Crippen LogP contribution in [0.3, 0.4) is 0 Å². The summed E-state index contributed by atoms with van der Waals surface area (Å²) in [6, 6.07) is 6.31. The van der Waals surface area contributed by atoms with Crippen LogP contribution in [0.5, 0.6) is 0 Å². The SMILES string of the molecule is CCC(CN(C)c1cccc(F)c1)C(=O)OC. The predicted octanol–water partition coefficient (Wildman–Crippen LogP) is 2.46. The number of rotatable bonds is 5. The molecule has 4 heteroatoms. The second-order valence-electron chi connectivity index (χ2n) is 3.99. The van der Waals surface area contributed by atoms with Crippen molar-refractivity contribution in [1.82, 2.24) is 0 Å². The molecule has 0 saturated heterocycles. The summed E-state index contributed by atoms with van der Waals surface area (Å²) in [6.07, 6.45) is 0.701. The zero-order valence-corrected chi connectivity index (χ0v) is 10.4. The molecule has 1 aromatic rings. The van der Waals surface area contributed by atoms with Gasteiger partial charge in [0.05, 0.1) is 13.0 Å². The number of hydrogen-bond donors (Lipinski definition) is 0. The van der Waals surface area contributed by atoms with E-state index in [0.29, 0.717) is 13.0 Å². The molecule has 94 valence electrons. The molecule has 0 aliphatic carbocycles. The molecule has 0 fully saturated rings. The summed E-state index contributed by atoms with van der Waals surface area (Å²) in [7, 11) is 3.22. The van der Waals surface area contributed by atoms with Crippen molar-refractivity contribution >= 4 is 11.7 Å². The molecule has 1 unspecified atom stereocenters. The van der Waals surface area contributed by atoms with Gasteiger partial charge in [0.1, 0.15) is 5.82 Å². The topological polar surface area (TPSA) is 29.5 Å². The van der Waals surface area contributed by atoms with Crippen molar-refractivity contribution < 1.29 is 13.9 Å². The second kappa shape index (κ2) is 6.23. The predicted molar refractivity (Wildman–Crippen MR) is 65.5 cm³/mol. The van der Waals surface area contributed by atoms with Gasteiger partial charge in [-0.15, -0.1) is 0 Å². The van der Waals surface area contributed by atoms with E-state index in [1.165, 1.54) is 19.2 Å². The molecule has 0 aliphatic heterocycles. The number of esters is 1. The fourth-order valence-electron chi connectivity index (χ4n) is 1.69. The number of carbonyl (C=O) groups is 1. The second-order valence-corrected chi connectivity index (χ2v) is 3.99. The number of ether oxygens (including phenoxy) is 1. The largest absolute Gasteiger partial charge is 0.469 e. The molecule has 0 bridgehead atoms. The van der Waals surface area contributed by atoms with Crippen LogP contribution in [0.1, 0.15) is 13.3 Å². The minimum absolute atomic E-state index is 0.187. The maximum atomic E-state index is 13.1. The van der Waals surface area contributed by atoms with Crippen molar-refractivity contribution in [3.05, 3.63) is 30.1 Å². The molecule has 17 heavy (non-hydrogen) atoms. The van der Waals surface area contributed by atoms with Crippen LogP contribution < -0.4 is 4.90 Å². The molecule has 0 N–H and O–H groups in total. The van der Waals surface area contributed by atoms with Crippen LogP contribution in [0.25, 0.3) is 0 Å². The first kappa shape index (κ1) is 13.5. The van der Waals surface area contributed by atoms with Crippen molar-refractivity contribution in [2.45, 2.75) is 13.3 Å². The molecule has 3 nitrogen and oxygen atoms in total. The monoisotopic (exact) mass is 239 g/mol. The fraction of sp³-hybridized carbons (Fsp3) is 0.462. The molecule has 0 saturated carbocycles. The van der Waals surface area contributed by atoms with Gasteiger partial charge in [-0.3, -0.25) is 4.79 Å². The molecule has 1 aromatic carbocycles. The number of nitrogens with zero attached hydrogens (tertiary/aromatic N) is 1. The Morgan fingerprint density at radius 3 is 2.76 bits per heavy atom. The maximum absolute atomic E-state index is 13.1. The molecule has 1 rings (SSSR count). The minimum atomic E-state index is -0.277. The highest BCUT2D eigenvalue weighted by Gasteiger charge is 2.19. The lowest BCUT2D eigenvalue weighted by molar-refractivity contribution is -0.145. The first-order valence-electron chi connectivity index (χ1n) is 5.63. The van der Waals surface area contributed by atoms with Gasteiger partial charge in [-0.2, -0.15) is 0 Å². The van der Waals surface area contributed by atoms with E-state index >= 15 is 0 Å². The van der Waals surface area contributed by atoms with Crippen LogP contribution in [-0.2, 0) is 9.53 Å². The Hall–Kier alpha value is -1.58. The summed E-state index contributed by atoms with van der Waals surface area (Å²) >= 11 is 0. The first-order valence-corrected chi connectivity index (χ1v) is 5.63. The summed E-state index contributed by atoms with van der Waals surface area (Å²) in [6.45, 7) is 2.45. The number of anilines is 1. The Labute approximate surface area is 101 Å². The smallest absolute Gasteiger partial charge is 0.310 e. The Kier molecular flexibility index (Phi) is 4.94. The fourth-order valence-corrected chi connectivity index (χ4v) is 1.69. The molecule has 0 spiro atoms.